The number of ether oxygens (including phenoxy) is 1. The van der Waals surface area contributed by atoms with Gasteiger partial charge in [0.05, 0.1) is 5.69 Å². The monoisotopic (exact) mass is 326 g/mol. The summed E-state index contributed by atoms with van der Waals surface area (Å²) in [5, 5.41) is 8.31. The van der Waals surface area contributed by atoms with Crippen LogP contribution in [0, 0.1) is 5.41 Å². The average molecular weight is 327 g/mol. The summed E-state index contributed by atoms with van der Waals surface area (Å²) >= 11 is 5.78. The van der Waals surface area contributed by atoms with Crippen LogP contribution in [0.1, 0.15) is 10.4 Å². The number of nitrogens with zero attached hydrogens (tertiary/aromatic N) is 1. The lowest BCUT2D eigenvalue weighted by Gasteiger charge is -2.11. The molecule has 114 valence electrons. The maximum absolute atomic E-state index is 12.4. The van der Waals surface area contributed by atoms with Crippen molar-refractivity contribution in [3.8, 4) is 0 Å². The maximum atomic E-state index is 12.4. The average Bonchev–Trinajstić information content (AvgIpc) is 2.82. The summed E-state index contributed by atoms with van der Waals surface area (Å²) in [6, 6.07) is 14.6. The first-order valence-corrected chi connectivity index (χ1v) is 7.11. The number of nitrogens with one attached hydrogen (secondary N) is 1. The second-order valence-electron chi connectivity index (χ2n) is 4.76. The number of ketones is 1. The van der Waals surface area contributed by atoms with Crippen LogP contribution in [0.5, 0.6) is 0 Å². The highest BCUT2D eigenvalue weighted by molar-refractivity contribution is 6.30. The van der Waals surface area contributed by atoms with Crippen molar-refractivity contribution in [2.45, 2.75) is 0 Å². The molecule has 2 aromatic carbocycles. The number of anilines is 1. The van der Waals surface area contributed by atoms with Crippen LogP contribution in [0.3, 0.4) is 0 Å². The van der Waals surface area contributed by atoms with Crippen LogP contribution < -0.4 is 4.90 Å². The Labute approximate surface area is 137 Å². The Balaban J connectivity index is 1.87. The van der Waals surface area contributed by atoms with E-state index in [2.05, 4.69) is 0 Å². The van der Waals surface area contributed by atoms with E-state index in [4.69, 9.17) is 21.7 Å². The number of amides is 1. The van der Waals surface area contributed by atoms with Crippen LogP contribution in [-0.2, 0) is 9.53 Å². The van der Waals surface area contributed by atoms with Crippen LogP contribution in [0.15, 0.2) is 66.4 Å². The van der Waals surface area contributed by atoms with Gasteiger partial charge in [-0.3, -0.25) is 15.0 Å². The van der Waals surface area contributed by atoms with Crippen molar-refractivity contribution < 1.29 is 14.3 Å². The van der Waals surface area contributed by atoms with Gasteiger partial charge in [-0.2, -0.15) is 0 Å². The second-order valence-corrected chi connectivity index (χ2v) is 5.20. The highest BCUT2D eigenvalue weighted by Gasteiger charge is 2.35. The zero-order valence-corrected chi connectivity index (χ0v) is 12.6. The third-order valence-corrected chi connectivity index (χ3v) is 3.48. The number of halogens is 1. The smallest absolute Gasteiger partial charge is 0.302 e. The van der Waals surface area contributed by atoms with Crippen LogP contribution >= 0.6 is 11.6 Å². The Morgan fingerprint density at radius 2 is 1.74 bits per heavy atom. The molecular weight excluding hydrogens is 316 g/mol. The lowest BCUT2D eigenvalue weighted by Crippen LogP contribution is -2.28. The largest absolute Gasteiger partial charge is 0.419 e. The minimum Gasteiger partial charge on any atom is -0.419 e. The van der Waals surface area contributed by atoms with Crippen molar-refractivity contribution >= 4 is 35.0 Å². The van der Waals surface area contributed by atoms with Crippen molar-refractivity contribution in [2.75, 3.05) is 4.90 Å². The predicted molar refractivity (Wildman–Crippen MR) is 86.6 cm³/mol. The standard InChI is InChI=1S/C17H11ClN2O3/c18-12-8-6-11(7-9-12)14(21)10-15-16(22)20(17(19)23-15)13-4-2-1-3-5-13/h1-10,19H. The predicted octanol–water partition coefficient (Wildman–Crippen LogP) is 3.40. The summed E-state index contributed by atoms with van der Waals surface area (Å²) in [5.74, 6) is -1.13. The maximum Gasteiger partial charge on any atom is 0.302 e. The molecule has 3 rings (SSSR count). The number of amidine groups is 1. The van der Waals surface area contributed by atoms with Gasteiger partial charge in [-0.25, -0.2) is 4.90 Å². The van der Waals surface area contributed by atoms with Crippen LogP contribution in [0.25, 0.3) is 0 Å². The molecule has 23 heavy (non-hydrogen) atoms. The van der Waals surface area contributed by atoms with Crippen LogP contribution in [0.4, 0.5) is 5.69 Å². The van der Waals surface area contributed by atoms with Crippen molar-refractivity contribution in [3.63, 3.8) is 0 Å². The first-order valence-electron chi connectivity index (χ1n) is 6.74. The molecule has 0 unspecified atom stereocenters. The number of hydrogen-bond donors (Lipinski definition) is 1. The van der Waals surface area contributed by atoms with E-state index >= 15 is 0 Å². The number of hydrogen-bond acceptors (Lipinski definition) is 4. The summed E-state index contributed by atoms with van der Waals surface area (Å²) in [6.45, 7) is 0. The number of para-hydroxylation sites is 1. The second kappa shape index (κ2) is 6.06. The SMILES string of the molecule is N=C1OC(=CC(=O)c2ccc(Cl)cc2)C(=O)N1c1ccccc1. The third-order valence-electron chi connectivity index (χ3n) is 3.23. The Morgan fingerprint density at radius 1 is 1.09 bits per heavy atom. The number of carbonyl (C=O) groups is 2. The molecule has 5 nitrogen and oxygen atoms in total. The summed E-state index contributed by atoms with van der Waals surface area (Å²) in [5.41, 5.74) is 0.882. The summed E-state index contributed by atoms with van der Waals surface area (Å²) in [6.07, 6.45) is 1.09. The van der Waals surface area contributed by atoms with E-state index in [0.717, 1.165) is 11.0 Å². The van der Waals surface area contributed by atoms with E-state index < -0.39 is 11.7 Å². The molecule has 2 aromatic rings. The van der Waals surface area contributed by atoms with Crippen molar-refractivity contribution in [1.29, 1.82) is 5.41 Å². The molecule has 0 atom stereocenters. The fourth-order valence-corrected chi connectivity index (χ4v) is 2.24. The number of rotatable bonds is 3. The highest BCUT2D eigenvalue weighted by atomic mass is 35.5. The summed E-state index contributed by atoms with van der Waals surface area (Å²) in [4.78, 5) is 25.6. The minimum absolute atomic E-state index is 0.182. The minimum atomic E-state index is -0.552. The van der Waals surface area contributed by atoms with Crippen LogP contribution in [0.2, 0.25) is 5.02 Å². The molecule has 1 aliphatic heterocycles. The van der Waals surface area contributed by atoms with E-state index in [1.165, 1.54) is 0 Å². The Morgan fingerprint density at radius 3 is 2.39 bits per heavy atom. The Hall–Kier alpha value is -2.92. The topological polar surface area (TPSA) is 70.5 Å². The Kier molecular flexibility index (Phi) is 3.95. The van der Waals surface area contributed by atoms with Gasteiger partial charge in [0.25, 0.3) is 0 Å². The molecule has 0 radical (unpaired) electrons. The molecule has 0 spiro atoms. The molecule has 1 saturated heterocycles. The first-order chi connectivity index (χ1) is 11.1. The van der Waals surface area contributed by atoms with Gasteiger partial charge in [-0.1, -0.05) is 29.8 Å². The van der Waals surface area contributed by atoms with E-state index in [0.29, 0.717) is 16.3 Å². The molecule has 1 aliphatic rings. The van der Waals surface area contributed by atoms with Gasteiger partial charge >= 0.3 is 11.9 Å². The summed E-state index contributed by atoms with van der Waals surface area (Å²) < 4.78 is 5.13. The molecule has 0 saturated carbocycles. The first kappa shape index (κ1) is 15.0. The van der Waals surface area contributed by atoms with Gasteiger partial charge in [0, 0.05) is 16.7 Å². The lowest BCUT2D eigenvalue weighted by atomic mass is 10.1. The Bertz CT molecular complexity index is 813. The van der Waals surface area contributed by atoms with Gasteiger partial charge in [-0.15, -0.1) is 0 Å². The molecule has 1 amide bonds. The molecule has 0 aromatic heterocycles. The molecular formula is C17H11ClN2O3. The molecule has 1 fully saturated rings. The van der Waals surface area contributed by atoms with Gasteiger partial charge in [-0.05, 0) is 36.4 Å². The van der Waals surface area contributed by atoms with Gasteiger partial charge in [0.1, 0.15) is 0 Å². The zero-order chi connectivity index (χ0) is 16.4. The summed E-state index contributed by atoms with van der Waals surface area (Å²) in [7, 11) is 0. The van der Waals surface area contributed by atoms with E-state index in [1.807, 2.05) is 0 Å². The molecule has 0 aliphatic carbocycles. The van der Waals surface area contributed by atoms with Gasteiger partial charge in [0.15, 0.2) is 5.78 Å². The highest BCUT2D eigenvalue weighted by Crippen LogP contribution is 2.24. The van der Waals surface area contributed by atoms with Gasteiger partial charge in [0.2, 0.25) is 5.76 Å². The number of carbonyl (C=O) groups excluding carboxylic acids is 2. The molecule has 0 bridgehead atoms. The molecule has 1 N–H and O–H groups in total. The van der Waals surface area contributed by atoms with E-state index in [-0.39, 0.29) is 11.8 Å². The van der Waals surface area contributed by atoms with E-state index in [9.17, 15) is 9.59 Å². The number of allylic oxidation sites excluding steroid dienone is 1. The van der Waals surface area contributed by atoms with Crippen molar-refractivity contribution in [2.24, 2.45) is 0 Å². The fraction of sp³-hybridized carbons (Fsp3) is 0. The quantitative estimate of drug-likeness (QED) is 0.694. The van der Waals surface area contributed by atoms with Crippen molar-refractivity contribution in [3.05, 3.63) is 77.0 Å². The fourth-order valence-electron chi connectivity index (χ4n) is 2.12. The van der Waals surface area contributed by atoms with Gasteiger partial charge < -0.3 is 4.74 Å². The zero-order valence-electron chi connectivity index (χ0n) is 11.8. The number of benzene rings is 2. The van der Waals surface area contributed by atoms with E-state index in [1.54, 1.807) is 54.6 Å². The third kappa shape index (κ3) is 3.00. The molecule has 6 heteroatoms. The van der Waals surface area contributed by atoms with Crippen molar-refractivity contribution in [1.82, 2.24) is 0 Å². The molecule has 1 heterocycles. The lowest BCUT2D eigenvalue weighted by molar-refractivity contribution is -0.114. The normalized spacial score (nSPS) is 15.9. The van der Waals surface area contributed by atoms with Crippen LogP contribution in [-0.4, -0.2) is 17.7 Å².